The number of rotatable bonds is 7. The number of halogens is 1. The molecule has 1 aromatic heterocycles. The van der Waals surface area contributed by atoms with Gasteiger partial charge in [-0.25, -0.2) is 9.18 Å². The molecule has 4 nitrogen and oxygen atoms in total. The molecular formula is C29H24FNO3. The summed E-state index contributed by atoms with van der Waals surface area (Å²) >= 11 is 0. The van der Waals surface area contributed by atoms with E-state index in [1.54, 1.807) is 10.6 Å². The highest BCUT2D eigenvalue weighted by Gasteiger charge is 2.24. The number of carbonyl (C=O) groups is 1. The first-order valence-corrected chi connectivity index (χ1v) is 11.3. The van der Waals surface area contributed by atoms with Gasteiger partial charge in [0.15, 0.2) is 0 Å². The Morgan fingerprint density at radius 3 is 2.53 bits per heavy atom. The monoisotopic (exact) mass is 453 g/mol. The molecule has 5 rings (SSSR count). The molecule has 4 aromatic carbocycles. The Morgan fingerprint density at radius 1 is 0.941 bits per heavy atom. The van der Waals surface area contributed by atoms with Crippen LogP contribution in [0.2, 0.25) is 0 Å². The molecule has 0 fully saturated rings. The van der Waals surface area contributed by atoms with Gasteiger partial charge >= 0.3 is 5.97 Å². The number of hydrogen-bond acceptors (Lipinski definition) is 2. The zero-order valence-electron chi connectivity index (χ0n) is 18.8. The standard InChI is InChI=1S/C29H24FNO3/c1-19-8-2-4-11-22(19)27-24-18-21(30)14-15-25(24)31(28(27)29(32)33)16-7-17-34-26-13-6-10-20-9-3-5-12-23(20)26/h2-6,8-15,18H,7,16-17H2,1H3,(H,32,33). The Balaban J connectivity index is 1.49. The highest BCUT2D eigenvalue weighted by atomic mass is 19.1. The highest BCUT2D eigenvalue weighted by molar-refractivity contribution is 6.08. The first-order valence-electron chi connectivity index (χ1n) is 11.3. The van der Waals surface area contributed by atoms with Crippen LogP contribution in [0.3, 0.4) is 0 Å². The molecule has 0 saturated heterocycles. The summed E-state index contributed by atoms with van der Waals surface area (Å²) in [5, 5.41) is 12.9. The molecule has 34 heavy (non-hydrogen) atoms. The third-order valence-electron chi connectivity index (χ3n) is 6.18. The lowest BCUT2D eigenvalue weighted by molar-refractivity contribution is 0.0686. The van der Waals surface area contributed by atoms with Gasteiger partial charge in [-0.2, -0.15) is 0 Å². The summed E-state index contributed by atoms with van der Waals surface area (Å²) in [6.07, 6.45) is 0.595. The van der Waals surface area contributed by atoms with Crippen LogP contribution in [0.5, 0.6) is 5.75 Å². The van der Waals surface area contributed by atoms with Crippen molar-refractivity contribution in [1.82, 2.24) is 4.57 Å². The minimum Gasteiger partial charge on any atom is -0.493 e. The van der Waals surface area contributed by atoms with Crippen molar-refractivity contribution in [3.63, 3.8) is 0 Å². The Hall–Kier alpha value is -4.12. The van der Waals surface area contributed by atoms with Crippen molar-refractivity contribution in [1.29, 1.82) is 0 Å². The van der Waals surface area contributed by atoms with Crippen LogP contribution < -0.4 is 4.74 Å². The van der Waals surface area contributed by atoms with Crippen molar-refractivity contribution in [3.8, 4) is 16.9 Å². The molecule has 0 amide bonds. The van der Waals surface area contributed by atoms with E-state index < -0.39 is 11.8 Å². The van der Waals surface area contributed by atoms with E-state index in [9.17, 15) is 14.3 Å². The van der Waals surface area contributed by atoms with Crippen molar-refractivity contribution in [2.45, 2.75) is 19.9 Å². The second kappa shape index (κ2) is 9.02. The zero-order chi connectivity index (χ0) is 23.7. The van der Waals surface area contributed by atoms with Gasteiger partial charge in [0.1, 0.15) is 17.3 Å². The number of aryl methyl sites for hydroxylation is 2. The maximum absolute atomic E-state index is 14.2. The van der Waals surface area contributed by atoms with Crippen LogP contribution in [-0.4, -0.2) is 22.2 Å². The van der Waals surface area contributed by atoms with Gasteiger partial charge in [-0.05, 0) is 54.1 Å². The topological polar surface area (TPSA) is 51.5 Å². The third kappa shape index (κ3) is 3.90. The lowest BCUT2D eigenvalue weighted by atomic mass is 9.97. The number of hydrogen-bond donors (Lipinski definition) is 1. The van der Waals surface area contributed by atoms with Crippen LogP contribution in [0.1, 0.15) is 22.5 Å². The quantitative estimate of drug-likeness (QED) is 0.268. The van der Waals surface area contributed by atoms with Gasteiger partial charge in [0.25, 0.3) is 0 Å². The summed E-state index contributed by atoms with van der Waals surface area (Å²) in [4.78, 5) is 12.4. The van der Waals surface area contributed by atoms with E-state index in [-0.39, 0.29) is 5.69 Å². The summed E-state index contributed by atoms with van der Waals surface area (Å²) in [6, 6.07) is 26.0. The Kier molecular flexibility index (Phi) is 5.76. The zero-order valence-corrected chi connectivity index (χ0v) is 18.8. The van der Waals surface area contributed by atoms with E-state index in [2.05, 4.69) is 0 Å². The van der Waals surface area contributed by atoms with Crippen molar-refractivity contribution in [3.05, 3.63) is 102 Å². The fourth-order valence-corrected chi connectivity index (χ4v) is 4.63. The van der Waals surface area contributed by atoms with Crippen LogP contribution in [-0.2, 0) is 6.54 Å². The number of aromatic carboxylic acids is 1. The molecule has 0 bridgehead atoms. The third-order valence-corrected chi connectivity index (χ3v) is 6.18. The number of aromatic nitrogens is 1. The minimum absolute atomic E-state index is 0.167. The molecule has 0 atom stereocenters. The second-order valence-electron chi connectivity index (χ2n) is 8.34. The maximum atomic E-state index is 14.2. The van der Waals surface area contributed by atoms with Crippen molar-refractivity contribution < 1.29 is 19.0 Å². The molecule has 5 aromatic rings. The first-order chi connectivity index (χ1) is 16.5. The number of nitrogens with zero attached hydrogens (tertiary/aromatic N) is 1. The van der Waals surface area contributed by atoms with Gasteiger partial charge in [-0.3, -0.25) is 0 Å². The van der Waals surface area contributed by atoms with Crippen LogP contribution in [0.4, 0.5) is 4.39 Å². The summed E-state index contributed by atoms with van der Waals surface area (Å²) in [6.45, 7) is 2.79. The predicted molar refractivity (Wildman–Crippen MR) is 133 cm³/mol. The van der Waals surface area contributed by atoms with E-state index in [1.165, 1.54) is 12.1 Å². The average Bonchev–Trinajstić information content (AvgIpc) is 3.15. The maximum Gasteiger partial charge on any atom is 0.353 e. The van der Waals surface area contributed by atoms with Crippen LogP contribution in [0.15, 0.2) is 84.9 Å². The minimum atomic E-state index is -1.04. The Bertz CT molecular complexity index is 1510. The van der Waals surface area contributed by atoms with Crippen molar-refractivity contribution in [2.75, 3.05) is 6.61 Å². The first kappa shape index (κ1) is 21.7. The molecular weight excluding hydrogens is 429 g/mol. The molecule has 0 aliphatic heterocycles. The van der Waals surface area contributed by atoms with Gasteiger partial charge in [0, 0.05) is 28.4 Å². The number of ether oxygens (including phenoxy) is 1. The van der Waals surface area contributed by atoms with E-state index in [1.807, 2.05) is 73.7 Å². The molecule has 0 aliphatic carbocycles. The van der Waals surface area contributed by atoms with E-state index >= 15 is 0 Å². The average molecular weight is 454 g/mol. The summed E-state index contributed by atoms with van der Waals surface area (Å²) < 4.78 is 22.1. The molecule has 170 valence electrons. The Labute approximate surface area is 196 Å². The smallest absolute Gasteiger partial charge is 0.353 e. The number of carboxylic acids is 1. The van der Waals surface area contributed by atoms with Gasteiger partial charge in [-0.15, -0.1) is 0 Å². The molecule has 5 heteroatoms. The van der Waals surface area contributed by atoms with Crippen LogP contribution >= 0.6 is 0 Å². The molecule has 0 unspecified atom stereocenters. The largest absolute Gasteiger partial charge is 0.493 e. The number of carboxylic acid groups (broad SMARTS) is 1. The SMILES string of the molecule is Cc1ccccc1-c1c(C(=O)O)n(CCCOc2cccc3ccccc23)c2ccc(F)cc12. The molecule has 0 radical (unpaired) electrons. The Morgan fingerprint density at radius 2 is 1.71 bits per heavy atom. The van der Waals surface area contributed by atoms with Crippen molar-refractivity contribution in [2.24, 2.45) is 0 Å². The number of fused-ring (bicyclic) bond motifs is 2. The lowest BCUT2D eigenvalue weighted by Crippen LogP contribution is -2.12. The van der Waals surface area contributed by atoms with Gasteiger partial charge in [-0.1, -0.05) is 60.7 Å². The van der Waals surface area contributed by atoms with Gasteiger partial charge in [0.2, 0.25) is 0 Å². The van der Waals surface area contributed by atoms with Gasteiger partial charge in [0.05, 0.1) is 6.61 Å². The summed E-state index contributed by atoms with van der Waals surface area (Å²) in [5.74, 6) is -0.628. The fourth-order valence-electron chi connectivity index (χ4n) is 4.63. The molecule has 1 heterocycles. The van der Waals surface area contributed by atoms with E-state index in [4.69, 9.17) is 4.74 Å². The molecule has 1 N–H and O–H groups in total. The van der Waals surface area contributed by atoms with E-state index in [0.717, 1.165) is 27.6 Å². The summed E-state index contributed by atoms with van der Waals surface area (Å²) in [5.41, 5.74) is 3.14. The van der Waals surface area contributed by atoms with E-state index in [0.29, 0.717) is 36.0 Å². The summed E-state index contributed by atoms with van der Waals surface area (Å²) in [7, 11) is 0. The fraction of sp³-hybridized carbons (Fsp3) is 0.138. The van der Waals surface area contributed by atoms with Gasteiger partial charge < -0.3 is 14.4 Å². The molecule has 0 spiro atoms. The molecule has 0 aliphatic rings. The predicted octanol–water partition coefficient (Wildman–Crippen LogP) is 7.08. The van der Waals surface area contributed by atoms with Crippen molar-refractivity contribution >= 4 is 27.6 Å². The highest BCUT2D eigenvalue weighted by Crippen LogP contribution is 2.37. The van der Waals surface area contributed by atoms with Crippen LogP contribution in [0.25, 0.3) is 32.8 Å². The normalized spacial score (nSPS) is 11.2. The number of benzene rings is 4. The molecule has 0 saturated carbocycles. The second-order valence-corrected chi connectivity index (χ2v) is 8.34. The van der Waals surface area contributed by atoms with Crippen LogP contribution in [0, 0.1) is 12.7 Å². The lowest BCUT2D eigenvalue weighted by Gasteiger charge is -2.12.